The molecule has 0 bridgehead atoms. The first kappa shape index (κ1) is 7.70. The summed E-state index contributed by atoms with van der Waals surface area (Å²) < 4.78 is 0. The van der Waals surface area contributed by atoms with Crippen molar-refractivity contribution in [2.24, 2.45) is 0 Å². The van der Waals surface area contributed by atoms with Gasteiger partial charge in [-0.05, 0) is 6.92 Å². The smallest absolute Gasteiger partial charge is 0.0137 e. The van der Waals surface area contributed by atoms with Crippen LogP contribution in [-0.4, -0.2) is 12.6 Å². The third-order valence-corrected chi connectivity index (χ3v) is 0.811. The zero-order chi connectivity index (χ0) is 6.41. The molecule has 0 rings (SSSR count). The van der Waals surface area contributed by atoms with Gasteiger partial charge in [0.25, 0.3) is 0 Å². The molecule has 0 spiro atoms. The van der Waals surface area contributed by atoms with Crippen molar-refractivity contribution in [1.29, 1.82) is 0 Å². The van der Waals surface area contributed by atoms with Crippen molar-refractivity contribution in [3.05, 3.63) is 19.1 Å². The second-order valence-corrected chi connectivity index (χ2v) is 2.03. The first-order chi connectivity index (χ1) is 3.77. The number of nitrogens with one attached hydrogen (secondary N) is 1. The summed E-state index contributed by atoms with van der Waals surface area (Å²) in [6.45, 7) is 8.74. The fourth-order valence-electron chi connectivity index (χ4n) is 0.387. The first-order valence-corrected chi connectivity index (χ1v) is 2.95. The van der Waals surface area contributed by atoms with Crippen LogP contribution in [0.2, 0.25) is 0 Å². The van der Waals surface area contributed by atoms with E-state index in [-0.39, 0.29) is 0 Å². The van der Waals surface area contributed by atoms with Crippen molar-refractivity contribution in [2.45, 2.75) is 19.9 Å². The summed E-state index contributed by atoms with van der Waals surface area (Å²) in [6.07, 6.45) is 3.80. The van der Waals surface area contributed by atoms with Gasteiger partial charge in [-0.25, -0.2) is 0 Å². The Morgan fingerprint density at radius 3 is 2.62 bits per heavy atom. The van der Waals surface area contributed by atoms with Gasteiger partial charge in [-0.2, -0.15) is 0 Å². The fourth-order valence-corrected chi connectivity index (χ4v) is 0.387. The summed E-state index contributed by atoms with van der Waals surface area (Å²) in [5, 5.41) is 3.22. The monoisotopic (exact) mass is 112 g/mol. The molecular formula is C7H14N. The molecule has 0 amide bonds. The van der Waals surface area contributed by atoms with Crippen LogP contribution in [0, 0.1) is 6.92 Å². The minimum Gasteiger partial charge on any atom is -0.311 e. The Hall–Kier alpha value is -0.300. The number of allylic oxidation sites excluding steroid dienone is 1. The maximum Gasteiger partial charge on any atom is 0.0137 e. The summed E-state index contributed by atoms with van der Waals surface area (Å²) in [6, 6.07) is 0.575. The molecule has 47 valence electrons. The number of hydrogen-bond donors (Lipinski definition) is 1. The Labute approximate surface area is 51.8 Å². The molecule has 0 aliphatic heterocycles. The second-order valence-electron chi connectivity index (χ2n) is 2.03. The van der Waals surface area contributed by atoms with Gasteiger partial charge in [-0.1, -0.05) is 26.0 Å². The van der Waals surface area contributed by atoms with Gasteiger partial charge in [-0.15, -0.1) is 0 Å². The van der Waals surface area contributed by atoms with E-state index in [1.165, 1.54) is 0 Å². The first-order valence-electron chi connectivity index (χ1n) is 2.95. The number of rotatable bonds is 3. The highest BCUT2D eigenvalue weighted by Gasteiger charge is 1.84. The normalized spacial score (nSPS) is 11.5. The van der Waals surface area contributed by atoms with Gasteiger partial charge >= 0.3 is 0 Å². The fraction of sp³-hybridized carbons (Fsp3) is 0.571. The lowest BCUT2D eigenvalue weighted by molar-refractivity contribution is 0.632. The Kier molecular flexibility index (Phi) is 4.67. The van der Waals surface area contributed by atoms with Crippen molar-refractivity contribution in [1.82, 2.24) is 5.32 Å². The SMILES string of the molecule is [CH2]/C=C/CNC(C)C. The molecule has 0 aliphatic rings. The van der Waals surface area contributed by atoms with Crippen LogP contribution in [0.15, 0.2) is 12.2 Å². The maximum absolute atomic E-state index is 3.56. The highest BCUT2D eigenvalue weighted by Crippen LogP contribution is 1.74. The molecule has 1 radical (unpaired) electrons. The van der Waals surface area contributed by atoms with Gasteiger partial charge in [0.05, 0.1) is 0 Å². The van der Waals surface area contributed by atoms with Gasteiger partial charge in [0, 0.05) is 12.6 Å². The minimum atomic E-state index is 0.575. The van der Waals surface area contributed by atoms with E-state index in [0.29, 0.717) is 6.04 Å². The molecule has 8 heavy (non-hydrogen) atoms. The molecule has 0 aromatic carbocycles. The lowest BCUT2D eigenvalue weighted by Crippen LogP contribution is -2.22. The van der Waals surface area contributed by atoms with Crippen LogP contribution < -0.4 is 5.32 Å². The van der Waals surface area contributed by atoms with Crippen LogP contribution in [0.5, 0.6) is 0 Å². The summed E-state index contributed by atoms with van der Waals surface area (Å²) in [7, 11) is 0. The van der Waals surface area contributed by atoms with Gasteiger partial charge in [-0.3, -0.25) is 0 Å². The predicted molar refractivity (Wildman–Crippen MR) is 37.6 cm³/mol. The van der Waals surface area contributed by atoms with Gasteiger partial charge in [0.1, 0.15) is 0 Å². The van der Waals surface area contributed by atoms with E-state index >= 15 is 0 Å². The van der Waals surface area contributed by atoms with E-state index in [4.69, 9.17) is 0 Å². The average Bonchev–Trinajstić information content (AvgIpc) is 1.66. The van der Waals surface area contributed by atoms with Crippen molar-refractivity contribution in [3.8, 4) is 0 Å². The Morgan fingerprint density at radius 2 is 2.25 bits per heavy atom. The highest BCUT2D eigenvalue weighted by molar-refractivity contribution is 4.85. The Bertz CT molecular complexity index is 64.8. The standard InChI is InChI=1S/C7H14N/c1-4-5-6-8-7(2)3/h4-5,7-8H,1,6H2,2-3H3/b5-4+. The lowest BCUT2D eigenvalue weighted by atomic mass is 10.4. The second kappa shape index (κ2) is 4.85. The third kappa shape index (κ3) is 5.70. The highest BCUT2D eigenvalue weighted by atomic mass is 14.9. The molecule has 1 nitrogen and oxygen atoms in total. The van der Waals surface area contributed by atoms with Crippen molar-refractivity contribution in [2.75, 3.05) is 6.54 Å². The van der Waals surface area contributed by atoms with Crippen molar-refractivity contribution >= 4 is 0 Å². The maximum atomic E-state index is 3.56. The van der Waals surface area contributed by atoms with E-state index in [1.807, 2.05) is 6.08 Å². The molecule has 0 aliphatic carbocycles. The molecule has 1 N–H and O–H groups in total. The zero-order valence-corrected chi connectivity index (χ0v) is 5.65. The van der Waals surface area contributed by atoms with E-state index in [9.17, 15) is 0 Å². The summed E-state index contributed by atoms with van der Waals surface area (Å²) in [4.78, 5) is 0. The molecule has 0 atom stereocenters. The minimum absolute atomic E-state index is 0.575. The molecule has 0 unspecified atom stereocenters. The van der Waals surface area contributed by atoms with E-state index in [2.05, 4.69) is 26.1 Å². The van der Waals surface area contributed by atoms with E-state index in [1.54, 1.807) is 6.08 Å². The van der Waals surface area contributed by atoms with Crippen LogP contribution in [0.3, 0.4) is 0 Å². The zero-order valence-electron chi connectivity index (χ0n) is 5.65. The topological polar surface area (TPSA) is 12.0 Å². The van der Waals surface area contributed by atoms with Crippen LogP contribution in [0.4, 0.5) is 0 Å². The lowest BCUT2D eigenvalue weighted by Gasteiger charge is -2.02. The van der Waals surface area contributed by atoms with Crippen LogP contribution in [-0.2, 0) is 0 Å². The van der Waals surface area contributed by atoms with Gasteiger partial charge in [0.15, 0.2) is 0 Å². The van der Waals surface area contributed by atoms with E-state index < -0.39 is 0 Å². The van der Waals surface area contributed by atoms with Gasteiger partial charge in [0.2, 0.25) is 0 Å². The van der Waals surface area contributed by atoms with Crippen LogP contribution in [0.1, 0.15) is 13.8 Å². The molecule has 0 aromatic rings. The largest absolute Gasteiger partial charge is 0.311 e. The molecule has 1 heteroatoms. The molecule has 0 saturated heterocycles. The number of hydrogen-bond acceptors (Lipinski definition) is 1. The third-order valence-electron chi connectivity index (χ3n) is 0.811. The molecular weight excluding hydrogens is 98.1 g/mol. The predicted octanol–water partition coefficient (Wildman–Crippen LogP) is 1.37. The van der Waals surface area contributed by atoms with Crippen LogP contribution in [0.25, 0.3) is 0 Å². The average molecular weight is 112 g/mol. The van der Waals surface area contributed by atoms with Crippen molar-refractivity contribution < 1.29 is 0 Å². The summed E-state index contributed by atoms with van der Waals surface area (Å²) >= 11 is 0. The molecule has 0 fully saturated rings. The van der Waals surface area contributed by atoms with E-state index in [0.717, 1.165) is 6.54 Å². The Morgan fingerprint density at radius 1 is 1.62 bits per heavy atom. The summed E-state index contributed by atoms with van der Waals surface area (Å²) in [5.41, 5.74) is 0. The van der Waals surface area contributed by atoms with Crippen molar-refractivity contribution in [3.63, 3.8) is 0 Å². The van der Waals surface area contributed by atoms with Gasteiger partial charge < -0.3 is 5.32 Å². The van der Waals surface area contributed by atoms with Crippen LogP contribution >= 0.6 is 0 Å². The molecule has 0 saturated carbocycles. The quantitative estimate of drug-likeness (QED) is 0.581. The molecule has 0 aromatic heterocycles. The molecule has 0 heterocycles. The summed E-state index contributed by atoms with van der Waals surface area (Å²) in [5.74, 6) is 0. The Balaban J connectivity index is 2.93.